The van der Waals surface area contributed by atoms with Gasteiger partial charge in [0.1, 0.15) is 5.65 Å². The monoisotopic (exact) mass is 189 g/mol. The number of imidazole rings is 1. The summed E-state index contributed by atoms with van der Waals surface area (Å²) in [4.78, 5) is 15.2. The molecule has 0 saturated heterocycles. The Morgan fingerprint density at radius 2 is 2.36 bits per heavy atom. The number of carbonyl (C=O) groups is 1. The van der Waals surface area contributed by atoms with E-state index >= 15 is 0 Å². The topological polar surface area (TPSA) is 60.4 Å². The summed E-state index contributed by atoms with van der Waals surface area (Å²) in [7, 11) is 0. The number of aromatic nitrogens is 2. The van der Waals surface area contributed by atoms with E-state index in [9.17, 15) is 4.79 Å². The van der Waals surface area contributed by atoms with Crippen molar-refractivity contribution < 1.29 is 4.79 Å². The third-order valence-electron chi connectivity index (χ3n) is 2.21. The van der Waals surface area contributed by atoms with Gasteiger partial charge in [-0.25, -0.2) is 4.98 Å². The van der Waals surface area contributed by atoms with Crippen LogP contribution in [0.3, 0.4) is 0 Å². The summed E-state index contributed by atoms with van der Waals surface area (Å²) < 4.78 is 1.85. The summed E-state index contributed by atoms with van der Waals surface area (Å²) in [5.74, 6) is -0.0375. The molecule has 14 heavy (non-hydrogen) atoms. The predicted molar refractivity (Wildman–Crippen MR) is 52.8 cm³/mol. The van der Waals surface area contributed by atoms with Crippen molar-refractivity contribution in [3.63, 3.8) is 0 Å². The van der Waals surface area contributed by atoms with E-state index in [1.165, 1.54) is 6.92 Å². The Morgan fingerprint density at radius 3 is 3.07 bits per heavy atom. The van der Waals surface area contributed by atoms with Crippen LogP contribution in [0.5, 0.6) is 0 Å². The molecule has 4 heteroatoms. The first kappa shape index (κ1) is 8.90. The van der Waals surface area contributed by atoms with Crippen LogP contribution in [0.1, 0.15) is 18.5 Å². The van der Waals surface area contributed by atoms with Gasteiger partial charge < -0.3 is 10.1 Å². The fourth-order valence-corrected chi connectivity index (χ4v) is 1.36. The summed E-state index contributed by atoms with van der Waals surface area (Å²) in [5.41, 5.74) is 7.37. The van der Waals surface area contributed by atoms with Gasteiger partial charge in [-0.3, -0.25) is 4.79 Å². The summed E-state index contributed by atoms with van der Waals surface area (Å²) in [5, 5.41) is 0. The molecule has 2 aromatic heterocycles. The summed E-state index contributed by atoms with van der Waals surface area (Å²) in [6.07, 6.45) is 5.36. The minimum atomic E-state index is -0.540. The molecule has 4 nitrogen and oxygen atoms in total. The van der Waals surface area contributed by atoms with Crippen LogP contribution < -0.4 is 5.73 Å². The van der Waals surface area contributed by atoms with Crippen molar-refractivity contribution >= 4 is 11.4 Å². The standard InChI is InChI=1S/C10H11N3O/c1-7(14)10(11)8-2-3-9-12-4-5-13(9)6-8/h2-6,10H,11H2,1H3. The second-order valence-corrected chi connectivity index (χ2v) is 3.24. The van der Waals surface area contributed by atoms with Gasteiger partial charge in [0, 0.05) is 18.6 Å². The molecule has 0 amide bonds. The van der Waals surface area contributed by atoms with Crippen LogP contribution in [0.15, 0.2) is 30.7 Å². The van der Waals surface area contributed by atoms with Gasteiger partial charge >= 0.3 is 0 Å². The van der Waals surface area contributed by atoms with Gasteiger partial charge in [0.2, 0.25) is 0 Å². The molecule has 0 aromatic carbocycles. The van der Waals surface area contributed by atoms with Gasteiger partial charge in [-0.2, -0.15) is 0 Å². The first-order valence-electron chi connectivity index (χ1n) is 4.37. The molecule has 1 unspecified atom stereocenters. The highest BCUT2D eigenvalue weighted by atomic mass is 16.1. The van der Waals surface area contributed by atoms with E-state index in [1.54, 1.807) is 6.20 Å². The number of hydrogen-bond donors (Lipinski definition) is 1. The third kappa shape index (κ3) is 1.40. The Hall–Kier alpha value is -1.68. The Labute approximate surface area is 81.4 Å². The number of Topliss-reactive ketones (excluding diaryl/α,β-unsaturated/α-hetero) is 1. The number of pyridine rings is 1. The number of fused-ring (bicyclic) bond motifs is 1. The minimum absolute atomic E-state index is 0.0375. The lowest BCUT2D eigenvalue weighted by Crippen LogP contribution is -2.18. The molecule has 0 spiro atoms. The van der Waals surface area contributed by atoms with Crippen LogP contribution in [0, 0.1) is 0 Å². The van der Waals surface area contributed by atoms with E-state index < -0.39 is 6.04 Å². The lowest BCUT2D eigenvalue weighted by Gasteiger charge is -2.07. The highest BCUT2D eigenvalue weighted by molar-refractivity contribution is 5.82. The molecular formula is C10H11N3O. The molecule has 2 rings (SSSR count). The molecule has 0 radical (unpaired) electrons. The van der Waals surface area contributed by atoms with Crippen LogP contribution in [-0.4, -0.2) is 15.2 Å². The predicted octanol–water partition coefficient (Wildman–Crippen LogP) is 0.923. The van der Waals surface area contributed by atoms with Crippen molar-refractivity contribution in [2.24, 2.45) is 5.73 Å². The lowest BCUT2D eigenvalue weighted by atomic mass is 10.1. The first-order valence-corrected chi connectivity index (χ1v) is 4.37. The zero-order valence-corrected chi connectivity index (χ0v) is 7.84. The molecule has 0 aliphatic rings. The van der Waals surface area contributed by atoms with Crippen molar-refractivity contribution in [2.45, 2.75) is 13.0 Å². The SMILES string of the molecule is CC(=O)C(N)c1ccc2nccn2c1. The largest absolute Gasteiger partial charge is 0.318 e. The van der Waals surface area contributed by atoms with E-state index in [4.69, 9.17) is 5.73 Å². The maximum Gasteiger partial charge on any atom is 0.151 e. The van der Waals surface area contributed by atoms with Crippen molar-refractivity contribution in [2.75, 3.05) is 0 Å². The number of ketones is 1. The smallest absolute Gasteiger partial charge is 0.151 e. The van der Waals surface area contributed by atoms with Gasteiger partial charge in [-0.1, -0.05) is 6.07 Å². The van der Waals surface area contributed by atoms with Crippen LogP contribution in [-0.2, 0) is 4.79 Å². The molecule has 2 heterocycles. The molecule has 1 atom stereocenters. The fraction of sp³-hybridized carbons (Fsp3) is 0.200. The molecule has 0 aliphatic heterocycles. The molecule has 2 N–H and O–H groups in total. The van der Waals surface area contributed by atoms with Crippen molar-refractivity contribution in [1.82, 2.24) is 9.38 Å². The molecule has 0 bridgehead atoms. The molecule has 0 saturated carbocycles. The zero-order chi connectivity index (χ0) is 10.1. The Bertz CT molecular complexity index is 475. The summed E-state index contributed by atoms with van der Waals surface area (Å²) in [6, 6.07) is 3.13. The maximum atomic E-state index is 11.1. The van der Waals surface area contributed by atoms with Gasteiger partial charge in [0.05, 0.1) is 6.04 Å². The van der Waals surface area contributed by atoms with Crippen LogP contribution >= 0.6 is 0 Å². The van der Waals surface area contributed by atoms with Crippen molar-refractivity contribution in [3.05, 3.63) is 36.3 Å². The Balaban J connectivity index is 2.48. The van der Waals surface area contributed by atoms with Gasteiger partial charge in [0.25, 0.3) is 0 Å². The van der Waals surface area contributed by atoms with Crippen LogP contribution in [0.2, 0.25) is 0 Å². The third-order valence-corrected chi connectivity index (χ3v) is 2.21. The molecular weight excluding hydrogens is 178 g/mol. The number of nitrogens with zero attached hydrogens (tertiary/aromatic N) is 2. The molecule has 72 valence electrons. The highest BCUT2D eigenvalue weighted by Gasteiger charge is 2.11. The maximum absolute atomic E-state index is 11.1. The number of hydrogen-bond acceptors (Lipinski definition) is 3. The van der Waals surface area contributed by atoms with E-state index in [0.29, 0.717) is 0 Å². The second kappa shape index (κ2) is 3.23. The van der Waals surface area contributed by atoms with Crippen molar-refractivity contribution in [1.29, 1.82) is 0 Å². The fourth-order valence-electron chi connectivity index (χ4n) is 1.36. The van der Waals surface area contributed by atoms with Gasteiger partial charge in [-0.05, 0) is 18.6 Å². The number of rotatable bonds is 2. The summed E-state index contributed by atoms with van der Waals surface area (Å²) in [6.45, 7) is 1.49. The van der Waals surface area contributed by atoms with E-state index in [2.05, 4.69) is 4.98 Å². The normalized spacial score (nSPS) is 13.0. The van der Waals surface area contributed by atoms with Gasteiger partial charge in [0.15, 0.2) is 5.78 Å². The minimum Gasteiger partial charge on any atom is -0.318 e. The first-order chi connectivity index (χ1) is 6.68. The van der Waals surface area contributed by atoms with Crippen LogP contribution in [0.25, 0.3) is 5.65 Å². The van der Waals surface area contributed by atoms with Crippen LogP contribution in [0.4, 0.5) is 0 Å². The highest BCUT2D eigenvalue weighted by Crippen LogP contribution is 2.12. The van der Waals surface area contributed by atoms with Crippen molar-refractivity contribution in [3.8, 4) is 0 Å². The lowest BCUT2D eigenvalue weighted by molar-refractivity contribution is -0.118. The molecule has 0 fully saturated rings. The van der Waals surface area contributed by atoms with E-state index in [1.807, 2.05) is 28.9 Å². The molecule has 2 aromatic rings. The summed E-state index contributed by atoms with van der Waals surface area (Å²) >= 11 is 0. The molecule has 0 aliphatic carbocycles. The zero-order valence-electron chi connectivity index (χ0n) is 7.84. The average molecular weight is 189 g/mol. The Kier molecular flexibility index (Phi) is 2.05. The second-order valence-electron chi connectivity index (χ2n) is 3.24. The van der Waals surface area contributed by atoms with Gasteiger partial charge in [-0.15, -0.1) is 0 Å². The quantitative estimate of drug-likeness (QED) is 0.764. The number of carbonyl (C=O) groups excluding carboxylic acids is 1. The Morgan fingerprint density at radius 1 is 1.57 bits per heavy atom. The van der Waals surface area contributed by atoms with E-state index in [0.717, 1.165) is 11.2 Å². The average Bonchev–Trinajstić information content (AvgIpc) is 2.62. The number of nitrogens with two attached hydrogens (primary N) is 1. The van der Waals surface area contributed by atoms with E-state index in [-0.39, 0.29) is 5.78 Å².